The summed E-state index contributed by atoms with van der Waals surface area (Å²) in [6, 6.07) is 5.52. The van der Waals surface area contributed by atoms with Gasteiger partial charge in [0.2, 0.25) is 0 Å². The van der Waals surface area contributed by atoms with Crippen LogP contribution in [-0.2, 0) is 0 Å². The molecule has 0 saturated heterocycles. The van der Waals surface area contributed by atoms with E-state index in [0.29, 0.717) is 16.1 Å². The monoisotopic (exact) mass is 372 g/mol. The molecule has 0 amide bonds. The number of hydrogen-bond acceptors (Lipinski definition) is 0. The predicted octanol–water partition coefficient (Wildman–Crippen LogP) is 7.58. The lowest BCUT2D eigenvalue weighted by Crippen LogP contribution is -1.89. The van der Waals surface area contributed by atoms with Crippen LogP contribution in [0.4, 0.5) is 0 Å². The lowest BCUT2D eigenvalue weighted by atomic mass is 10.0. The highest BCUT2D eigenvalue weighted by Crippen LogP contribution is 2.49. The van der Waals surface area contributed by atoms with Crippen molar-refractivity contribution in [2.24, 2.45) is 0 Å². The van der Waals surface area contributed by atoms with Gasteiger partial charge < -0.3 is 0 Å². The molecule has 0 aliphatic heterocycles. The Labute approximate surface area is 141 Å². The molecule has 0 nitrogen and oxygen atoms in total. The molecule has 0 radical (unpaired) electrons. The third-order valence-corrected chi connectivity index (χ3v) is 5.45. The van der Waals surface area contributed by atoms with Crippen LogP contribution in [0.3, 0.4) is 0 Å². The first-order valence-corrected chi connectivity index (χ1v) is 7.40. The van der Waals surface area contributed by atoms with Gasteiger partial charge >= 0.3 is 0 Å². The molecule has 2 rings (SSSR count). The van der Waals surface area contributed by atoms with Gasteiger partial charge in [-0.25, -0.2) is 0 Å². The maximum atomic E-state index is 6.28. The molecule has 0 heterocycles. The van der Waals surface area contributed by atoms with Crippen LogP contribution in [-0.4, -0.2) is 0 Å². The van der Waals surface area contributed by atoms with Crippen molar-refractivity contribution in [2.45, 2.75) is 6.92 Å². The van der Waals surface area contributed by atoms with Crippen LogP contribution in [0.15, 0.2) is 18.2 Å². The van der Waals surface area contributed by atoms with Gasteiger partial charge in [0.05, 0.1) is 30.1 Å². The number of benzene rings is 2. The summed E-state index contributed by atoms with van der Waals surface area (Å²) in [6.07, 6.45) is 0. The number of rotatable bonds is 1. The molecule has 0 unspecified atom stereocenters. The zero-order valence-corrected chi connectivity index (χ0v) is 14.0. The SMILES string of the molecule is Cc1cccc(-c2c(Cl)c(Cl)c(Cl)c(Cl)c2Cl)c1Cl. The van der Waals surface area contributed by atoms with E-state index in [1.807, 2.05) is 19.1 Å². The van der Waals surface area contributed by atoms with E-state index < -0.39 is 0 Å². The van der Waals surface area contributed by atoms with Gasteiger partial charge in [-0.05, 0) is 12.5 Å². The van der Waals surface area contributed by atoms with Gasteiger partial charge in [-0.2, -0.15) is 0 Å². The first-order valence-electron chi connectivity index (χ1n) is 5.13. The summed E-state index contributed by atoms with van der Waals surface area (Å²) in [5, 5.41) is 1.45. The summed E-state index contributed by atoms with van der Waals surface area (Å²) in [6.45, 7) is 1.88. The molecular weight excluding hydrogens is 369 g/mol. The van der Waals surface area contributed by atoms with Crippen molar-refractivity contribution in [3.63, 3.8) is 0 Å². The van der Waals surface area contributed by atoms with Gasteiger partial charge in [0.15, 0.2) is 0 Å². The number of aryl methyl sites for hydroxylation is 1. The molecule has 0 saturated carbocycles. The topological polar surface area (TPSA) is 0 Å². The average Bonchev–Trinajstić information content (AvgIpc) is 2.39. The maximum Gasteiger partial charge on any atom is 0.0809 e. The van der Waals surface area contributed by atoms with Gasteiger partial charge in [-0.1, -0.05) is 87.8 Å². The van der Waals surface area contributed by atoms with E-state index in [2.05, 4.69) is 0 Å². The summed E-state index contributed by atoms with van der Waals surface area (Å²) in [5.41, 5.74) is 2.04. The molecule has 0 aliphatic carbocycles. The Morgan fingerprint density at radius 3 is 1.63 bits per heavy atom. The first-order chi connectivity index (χ1) is 8.86. The van der Waals surface area contributed by atoms with E-state index in [0.717, 1.165) is 5.56 Å². The second-order valence-corrected chi connectivity index (χ2v) is 6.15. The van der Waals surface area contributed by atoms with Gasteiger partial charge in [0.1, 0.15) is 0 Å². The van der Waals surface area contributed by atoms with Crippen molar-refractivity contribution in [2.75, 3.05) is 0 Å². The van der Waals surface area contributed by atoms with Crippen molar-refractivity contribution in [3.8, 4) is 11.1 Å². The van der Waals surface area contributed by atoms with Crippen molar-refractivity contribution in [3.05, 3.63) is 53.9 Å². The van der Waals surface area contributed by atoms with Gasteiger partial charge in [-0.3, -0.25) is 0 Å². The first kappa shape index (κ1) is 15.6. The molecule has 0 N–H and O–H groups in total. The van der Waals surface area contributed by atoms with E-state index in [9.17, 15) is 0 Å². The zero-order chi connectivity index (χ0) is 14.3. The van der Waals surface area contributed by atoms with Crippen LogP contribution in [0.5, 0.6) is 0 Å². The molecule has 0 aliphatic rings. The van der Waals surface area contributed by atoms with Gasteiger partial charge in [-0.15, -0.1) is 0 Å². The molecule has 0 spiro atoms. The molecule has 6 heteroatoms. The fourth-order valence-electron chi connectivity index (χ4n) is 1.68. The Bertz CT molecular complexity index is 634. The maximum absolute atomic E-state index is 6.28. The van der Waals surface area contributed by atoms with Crippen LogP contribution in [0.2, 0.25) is 30.1 Å². The minimum Gasteiger partial charge on any atom is -0.0834 e. The molecule has 0 fully saturated rings. The molecule has 0 bridgehead atoms. The third-order valence-electron chi connectivity index (χ3n) is 2.67. The van der Waals surface area contributed by atoms with Crippen LogP contribution in [0.25, 0.3) is 11.1 Å². The van der Waals surface area contributed by atoms with E-state index in [-0.39, 0.29) is 25.1 Å². The highest BCUT2D eigenvalue weighted by molar-refractivity contribution is 6.56. The molecule has 19 heavy (non-hydrogen) atoms. The lowest BCUT2D eigenvalue weighted by molar-refractivity contribution is 1.46. The van der Waals surface area contributed by atoms with E-state index >= 15 is 0 Å². The third kappa shape index (κ3) is 2.68. The molecule has 2 aromatic rings. The summed E-state index contributed by atoms with van der Waals surface area (Å²) in [5.74, 6) is 0. The summed E-state index contributed by atoms with van der Waals surface area (Å²) < 4.78 is 0. The molecule has 100 valence electrons. The minimum atomic E-state index is 0.130. The Hall–Kier alpha value is 0.180. The second-order valence-electron chi connectivity index (χ2n) is 3.88. The molecular formula is C13H6Cl6. The summed E-state index contributed by atoms with van der Waals surface area (Å²) >= 11 is 36.8. The summed E-state index contributed by atoms with van der Waals surface area (Å²) in [4.78, 5) is 0. The molecule has 0 aromatic heterocycles. The molecule has 0 atom stereocenters. The standard InChI is InChI=1S/C13H6Cl6/c1-5-3-2-4-6(8(5)14)7-9(15)11(17)13(19)12(18)10(7)16/h2-4H,1H3. The lowest BCUT2D eigenvalue weighted by Gasteiger charge is -2.14. The van der Waals surface area contributed by atoms with E-state index in [1.54, 1.807) is 6.07 Å². The fourth-order valence-corrected chi connectivity index (χ4v) is 3.24. The smallest absolute Gasteiger partial charge is 0.0809 e. The number of halogens is 6. The van der Waals surface area contributed by atoms with Crippen LogP contribution in [0, 0.1) is 6.92 Å². The Morgan fingerprint density at radius 1 is 0.632 bits per heavy atom. The zero-order valence-electron chi connectivity index (χ0n) is 9.50. The van der Waals surface area contributed by atoms with Crippen molar-refractivity contribution >= 4 is 69.6 Å². The quantitative estimate of drug-likeness (QED) is 0.356. The van der Waals surface area contributed by atoms with E-state index in [4.69, 9.17) is 69.6 Å². The largest absolute Gasteiger partial charge is 0.0834 e. The van der Waals surface area contributed by atoms with Crippen LogP contribution < -0.4 is 0 Å². The highest BCUT2D eigenvalue weighted by atomic mass is 35.5. The molecule has 2 aromatic carbocycles. The Kier molecular flexibility index (Phi) is 4.83. The number of hydrogen-bond donors (Lipinski definition) is 0. The van der Waals surface area contributed by atoms with Gasteiger partial charge in [0, 0.05) is 11.1 Å². The predicted molar refractivity (Wildman–Crippen MR) is 86.7 cm³/mol. The van der Waals surface area contributed by atoms with Crippen molar-refractivity contribution < 1.29 is 0 Å². The van der Waals surface area contributed by atoms with Gasteiger partial charge in [0.25, 0.3) is 0 Å². The van der Waals surface area contributed by atoms with E-state index in [1.165, 1.54) is 0 Å². The van der Waals surface area contributed by atoms with Crippen LogP contribution in [0.1, 0.15) is 5.56 Å². The van der Waals surface area contributed by atoms with Crippen LogP contribution >= 0.6 is 69.6 Å². The highest BCUT2D eigenvalue weighted by Gasteiger charge is 2.22. The minimum absolute atomic E-state index is 0.130. The second kappa shape index (κ2) is 5.89. The normalized spacial score (nSPS) is 10.9. The van der Waals surface area contributed by atoms with Crippen molar-refractivity contribution in [1.29, 1.82) is 0 Å². The average molecular weight is 375 g/mol. The van der Waals surface area contributed by atoms with Crippen molar-refractivity contribution in [1.82, 2.24) is 0 Å². The Balaban J connectivity index is 2.87. The summed E-state index contributed by atoms with van der Waals surface area (Å²) in [7, 11) is 0. The fraction of sp³-hybridized carbons (Fsp3) is 0.0769. The Morgan fingerprint density at radius 2 is 1.11 bits per heavy atom.